The Morgan fingerprint density at radius 3 is 2.38 bits per heavy atom. The average Bonchev–Trinajstić information content (AvgIpc) is 2.29. The first-order valence-electron chi connectivity index (χ1n) is 4.73. The van der Waals surface area contributed by atoms with Crippen molar-refractivity contribution in [2.75, 3.05) is 0 Å². The van der Waals surface area contributed by atoms with E-state index in [2.05, 4.69) is 0 Å². The van der Waals surface area contributed by atoms with Gasteiger partial charge < -0.3 is 10.2 Å². The average molecular weight is 211 g/mol. The molecule has 0 heterocycles. The fourth-order valence-electron chi connectivity index (χ4n) is 1.49. The Morgan fingerprint density at radius 1 is 0.938 bits per heavy atom. The molecule has 0 bridgehead atoms. The Morgan fingerprint density at radius 2 is 1.69 bits per heavy atom. The minimum atomic E-state index is -0.0357. The molecule has 0 aromatic heterocycles. The summed E-state index contributed by atoms with van der Waals surface area (Å²) < 4.78 is 0. The Kier molecular flexibility index (Phi) is 2.49. The maximum Gasteiger partial charge on any atom is 0.133 e. The van der Waals surface area contributed by atoms with E-state index in [1.807, 2.05) is 12.1 Å². The maximum absolute atomic E-state index is 9.36. The van der Waals surface area contributed by atoms with Crippen molar-refractivity contribution in [3.63, 3.8) is 0 Å². The molecule has 2 N–H and O–H groups in total. The van der Waals surface area contributed by atoms with Gasteiger partial charge in [-0.15, -0.1) is 0 Å². The summed E-state index contributed by atoms with van der Waals surface area (Å²) in [7, 11) is 0. The van der Waals surface area contributed by atoms with Crippen LogP contribution in [0.1, 0.15) is 5.56 Å². The number of phenols is 2. The second-order valence-electron chi connectivity index (χ2n) is 3.39. The van der Waals surface area contributed by atoms with E-state index in [9.17, 15) is 10.2 Å². The van der Waals surface area contributed by atoms with Gasteiger partial charge >= 0.3 is 0 Å². The largest absolute Gasteiger partial charge is 0.508 e. The van der Waals surface area contributed by atoms with Crippen molar-refractivity contribution in [2.24, 2.45) is 0 Å². The van der Waals surface area contributed by atoms with E-state index in [0.29, 0.717) is 0 Å². The number of nitriles is 1. The van der Waals surface area contributed by atoms with Gasteiger partial charge in [0.25, 0.3) is 0 Å². The monoisotopic (exact) mass is 211 g/mol. The summed E-state index contributed by atoms with van der Waals surface area (Å²) in [5.74, 6) is 0.135. The Balaban J connectivity index is 2.54. The van der Waals surface area contributed by atoms with Crippen LogP contribution in [0.25, 0.3) is 11.1 Å². The lowest BCUT2D eigenvalue weighted by atomic mass is 10.0. The predicted octanol–water partition coefficient (Wildman–Crippen LogP) is 2.64. The van der Waals surface area contributed by atoms with Crippen molar-refractivity contribution in [3.8, 4) is 28.7 Å². The molecule has 0 aliphatic rings. The number of hydrogen-bond donors (Lipinski definition) is 2. The van der Waals surface area contributed by atoms with Crippen LogP contribution >= 0.6 is 0 Å². The third-order valence-corrected chi connectivity index (χ3v) is 2.30. The van der Waals surface area contributed by atoms with Crippen LogP contribution < -0.4 is 0 Å². The molecule has 3 heteroatoms. The summed E-state index contributed by atoms with van der Waals surface area (Å²) in [5, 5.41) is 27.5. The third kappa shape index (κ3) is 1.82. The molecule has 78 valence electrons. The van der Waals surface area contributed by atoms with E-state index in [1.165, 1.54) is 6.07 Å². The van der Waals surface area contributed by atoms with Crippen LogP contribution in [0.3, 0.4) is 0 Å². The second-order valence-corrected chi connectivity index (χ2v) is 3.39. The normalized spacial score (nSPS) is 9.69. The summed E-state index contributed by atoms with van der Waals surface area (Å²) in [4.78, 5) is 0. The lowest BCUT2D eigenvalue weighted by Crippen LogP contribution is -1.81. The molecule has 2 aromatic carbocycles. The molecule has 0 unspecified atom stereocenters. The first kappa shape index (κ1) is 10.1. The molecule has 0 aliphatic carbocycles. The van der Waals surface area contributed by atoms with Crippen molar-refractivity contribution >= 4 is 0 Å². The lowest BCUT2D eigenvalue weighted by molar-refractivity contribution is 0.473. The van der Waals surface area contributed by atoms with Crippen LogP contribution in [-0.2, 0) is 0 Å². The minimum absolute atomic E-state index is 0.0357. The van der Waals surface area contributed by atoms with Crippen LogP contribution in [0, 0.1) is 11.3 Å². The first-order chi connectivity index (χ1) is 7.70. The molecule has 2 aromatic rings. The molecule has 0 saturated heterocycles. The van der Waals surface area contributed by atoms with E-state index < -0.39 is 0 Å². The van der Waals surface area contributed by atoms with Crippen LogP contribution in [0.4, 0.5) is 0 Å². The van der Waals surface area contributed by atoms with Gasteiger partial charge in [-0.2, -0.15) is 5.26 Å². The van der Waals surface area contributed by atoms with E-state index in [1.54, 1.807) is 30.3 Å². The van der Waals surface area contributed by atoms with Gasteiger partial charge in [0, 0.05) is 0 Å². The van der Waals surface area contributed by atoms with Crippen LogP contribution in [0.15, 0.2) is 42.5 Å². The molecule has 0 aliphatic heterocycles. The quantitative estimate of drug-likeness (QED) is 0.762. The number of hydrogen-bond acceptors (Lipinski definition) is 3. The third-order valence-electron chi connectivity index (χ3n) is 2.30. The van der Waals surface area contributed by atoms with Crippen LogP contribution in [-0.4, -0.2) is 10.2 Å². The van der Waals surface area contributed by atoms with E-state index in [4.69, 9.17) is 5.26 Å². The van der Waals surface area contributed by atoms with Crippen molar-refractivity contribution < 1.29 is 10.2 Å². The van der Waals surface area contributed by atoms with Gasteiger partial charge in [0.2, 0.25) is 0 Å². The Bertz CT molecular complexity index is 570. The second kappa shape index (κ2) is 3.95. The van der Waals surface area contributed by atoms with Crippen molar-refractivity contribution in [3.05, 3.63) is 48.0 Å². The standard InChI is InChI=1S/C13H9NO2/c14-8-11-6-10(4-5-13(11)16)9-2-1-3-12(15)7-9/h1-7,15-16H. The van der Waals surface area contributed by atoms with Gasteiger partial charge in [-0.1, -0.05) is 18.2 Å². The Hall–Kier alpha value is -2.47. The molecule has 0 radical (unpaired) electrons. The van der Waals surface area contributed by atoms with Gasteiger partial charge in [0.1, 0.15) is 17.6 Å². The smallest absolute Gasteiger partial charge is 0.133 e. The highest BCUT2D eigenvalue weighted by atomic mass is 16.3. The van der Waals surface area contributed by atoms with Gasteiger partial charge in [0.15, 0.2) is 0 Å². The molecule has 16 heavy (non-hydrogen) atoms. The first-order valence-corrected chi connectivity index (χ1v) is 4.73. The molecule has 3 nitrogen and oxygen atoms in total. The van der Waals surface area contributed by atoms with Crippen LogP contribution in [0.2, 0.25) is 0 Å². The summed E-state index contributed by atoms with van der Waals surface area (Å²) >= 11 is 0. The Labute approximate surface area is 92.8 Å². The van der Waals surface area contributed by atoms with Crippen molar-refractivity contribution in [1.29, 1.82) is 5.26 Å². The molecular formula is C13H9NO2. The van der Waals surface area contributed by atoms with E-state index >= 15 is 0 Å². The molecule has 0 fully saturated rings. The number of rotatable bonds is 1. The van der Waals surface area contributed by atoms with Crippen molar-refractivity contribution in [2.45, 2.75) is 0 Å². The minimum Gasteiger partial charge on any atom is -0.508 e. The predicted molar refractivity (Wildman–Crippen MR) is 59.9 cm³/mol. The number of aromatic hydroxyl groups is 2. The van der Waals surface area contributed by atoms with Gasteiger partial charge in [-0.3, -0.25) is 0 Å². The number of nitrogens with zero attached hydrogens (tertiary/aromatic N) is 1. The summed E-state index contributed by atoms with van der Waals surface area (Å²) in [6.45, 7) is 0. The van der Waals surface area contributed by atoms with Gasteiger partial charge in [-0.05, 0) is 35.4 Å². The highest BCUT2D eigenvalue weighted by Gasteiger charge is 2.04. The van der Waals surface area contributed by atoms with E-state index in [0.717, 1.165) is 11.1 Å². The highest BCUT2D eigenvalue weighted by molar-refractivity contribution is 5.68. The molecular weight excluding hydrogens is 202 g/mol. The fourth-order valence-corrected chi connectivity index (χ4v) is 1.49. The molecule has 0 amide bonds. The zero-order valence-corrected chi connectivity index (χ0v) is 8.38. The fraction of sp³-hybridized carbons (Fsp3) is 0. The van der Waals surface area contributed by atoms with E-state index in [-0.39, 0.29) is 17.1 Å². The van der Waals surface area contributed by atoms with Gasteiger partial charge in [0.05, 0.1) is 5.56 Å². The molecule has 0 saturated carbocycles. The summed E-state index contributed by atoms with van der Waals surface area (Å²) in [5.41, 5.74) is 1.81. The zero-order chi connectivity index (χ0) is 11.5. The van der Waals surface area contributed by atoms with Crippen molar-refractivity contribution in [1.82, 2.24) is 0 Å². The highest BCUT2D eigenvalue weighted by Crippen LogP contribution is 2.27. The molecule has 0 spiro atoms. The maximum atomic E-state index is 9.36. The number of benzene rings is 2. The lowest BCUT2D eigenvalue weighted by Gasteiger charge is -2.03. The molecule has 2 rings (SSSR count). The van der Waals surface area contributed by atoms with Crippen LogP contribution in [0.5, 0.6) is 11.5 Å². The SMILES string of the molecule is N#Cc1cc(-c2cccc(O)c2)ccc1O. The number of phenolic OH excluding ortho intramolecular Hbond substituents is 2. The van der Waals surface area contributed by atoms with Gasteiger partial charge in [-0.25, -0.2) is 0 Å². The molecule has 0 atom stereocenters. The summed E-state index contributed by atoms with van der Waals surface area (Å²) in [6.07, 6.45) is 0. The summed E-state index contributed by atoms with van der Waals surface area (Å²) in [6, 6.07) is 13.4. The topological polar surface area (TPSA) is 64.2 Å². The zero-order valence-electron chi connectivity index (χ0n) is 8.38.